The van der Waals surface area contributed by atoms with Gasteiger partial charge in [-0.15, -0.1) is 0 Å². The van der Waals surface area contributed by atoms with E-state index in [1.807, 2.05) is 13.8 Å². The maximum absolute atomic E-state index is 12.0. The molecule has 5 nitrogen and oxygen atoms in total. The molecule has 0 fully saturated rings. The number of likely N-dealkylation sites (N-methyl/N-ethyl adjacent to an activating group) is 1. The lowest BCUT2D eigenvalue weighted by molar-refractivity contribution is -0.132. The Labute approximate surface area is 115 Å². The lowest BCUT2D eigenvalue weighted by Gasteiger charge is -2.31. The zero-order valence-electron chi connectivity index (χ0n) is 12.9. The van der Waals surface area contributed by atoms with E-state index in [0.29, 0.717) is 0 Å². The largest absolute Gasteiger partial charge is 0.478 e. The Morgan fingerprint density at radius 3 is 2.05 bits per heavy atom. The Morgan fingerprint density at radius 2 is 1.74 bits per heavy atom. The minimum Gasteiger partial charge on any atom is -0.478 e. The van der Waals surface area contributed by atoms with Crippen LogP contribution >= 0.6 is 0 Å². The molecule has 0 bridgehead atoms. The normalized spacial score (nSPS) is 14.2. The van der Waals surface area contributed by atoms with Gasteiger partial charge in [0.05, 0.1) is 6.04 Å². The summed E-state index contributed by atoms with van der Waals surface area (Å²) < 4.78 is 5.28. The molecule has 0 aromatic rings. The molecular weight excluding hydrogens is 246 g/mol. The van der Waals surface area contributed by atoms with Crippen LogP contribution < -0.4 is 0 Å². The maximum atomic E-state index is 12.0. The van der Waals surface area contributed by atoms with Crippen molar-refractivity contribution in [3.63, 3.8) is 0 Å². The number of rotatable bonds is 4. The highest BCUT2D eigenvalue weighted by Crippen LogP contribution is 2.17. The first-order chi connectivity index (χ1) is 8.45. The number of ether oxygens (including phenoxy) is 1. The summed E-state index contributed by atoms with van der Waals surface area (Å²) in [7, 11) is 1.62. The van der Waals surface area contributed by atoms with Gasteiger partial charge in [0.1, 0.15) is 5.60 Å². The minimum atomic E-state index is -0.983. The van der Waals surface area contributed by atoms with Crippen molar-refractivity contribution in [3.05, 3.63) is 11.6 Å². The van der Waals surface area contributed by atoms with Crippen LogP contribution in [0.5, 0.6) is 0 Å². The SMILES string of the molecule is CC(=C[C@H](C(C)C)N(C)C(=O)OC(C)(C)C)C(=O)O. The molecule has 0 aliphatic carbocycles. The van der Waals surface area contributed by atoms with Crippen molar-refractivity contribution in [1.82, 2.24) is 4.90 Å². The van der Waals surface area contributed by atoms with Crippen molar-refractivity contribution in [2.45, 2.75) is 53.2 Å². The van der Waals surface area contributed by atoms with E-state index in [9.17, 15) is 9.59 Å². The second-order valence-corrected chi connectivity index (χ2v) is 5.98. The third kappa shape index (κ3) is 6.27. The van der Waals surface area contributed by atoms with Crippen LogP contribution in [0.4, 0.5) is 4.79 Å². The van der Waals surface area contributed by atoms with Crippen LogP contribution in [0.3, 0.4) is 0 Å². The van der Waals surface area contributed by atoms with Crippen molar-refractivity contribution < 1.29 is 19.4 Å². The van der Waals surface area contributed by atoms with E-state index in [-0.39, 0.29) is 17.5 Å². The van der Waals surface area contributed by atoms with Crippen LogP contribution in [0.15, 0.2) is 11.6 Å². The fourth-order valence-corrected chi connectivity index (χ4v) is 1.53. The van der Waals surface area contributed by atoms with E-state index in [4.69, 9.17) is 9.84 Å². The first kappa shape index (κ1) is 17.5. The summed E-state index contributed by atoms with van der Waals surface area (Å²) in [5, 5.41) is 8.92. The lowest BCUT2D eigenvalue weighted by Crippen LogP contribution is -2.42. The molecule has 0 saturated heterocycles. The van der Waals surface area contributed by atoms with Gasteiger partial charge in [0.2, 0.25) is 0 Å². The molecule has 110 valence electrons. The summed E-state index contributed by atoms with van der Waals surface area (Å²) in [4.78, 5) is 24.3. The maximum Gasteiger partial charge on any atom is 0.410 e. The Balaban J connectivity index is 5.06. The zero-order valence-corrected chi connectivity index (χ0v) is 12.9. The van der Waals surface area contributed by atoms with E-state index in [1.54, 1.807) is 33.9 Å². The number of carbonyl (C=O) groups excluding carboxylic acids is 1. The average Bonchev–Trinajstić information content (AvgIpc) is 2.21. The molecule has 0 radical (unpaired) electrons. The van der Waals surface area contributed by atoms with Gasteiger partial charge >= 0.3 is 12.1 Å². The molecule has 0 spiro atoms. The molecule has 0 aromatic heterocycles. The van der Waals surface area contributed by atoms with Gasteiger partial charge in [0, 0.05) is 12.6 Å². The molecule has 1 atom stereocenters. The molecule has 1 N–H and O–H groups in total. The number of aliphatic carboxylic acids is 1. The topological polar surface area (TPSA) is 66.8 Å². The van der Waals surface area contributed by atoms with E-state index >= 15 is 0 Å². The third-order valence-electron chi connectivity index (χ3n) is 2.57. The van der Waals surface area contributed by atoms with E-state index in [0.717, 1.165) is 0 Å². The van der Waals surface area contributed by atoms with Crippen molar-refractivity contribution in [1.29, 1.82) is 0 Å². The number of carbonyl (C=O) groups is 2. The monoisotopic (exact) mass is 271 g/mol. The van der Waals surface area contributed by atoms with Crippen LogP contribution in [0.25, 0.3) is 0 Å². The second kappa shape index (κ2) is 6.59. The Kier molecular flexibility index (Phi) is 6.06. The Hall–Kier alpha value is -1.52. The van der Waals surface area contributed by atoms with Crippen molar-refractivity contribution in [3.8, 4) is 0 Å². The minimum absolute atomic E-state index is 0.0896. The van der Waals surface area contributed by atoms with Gasteiger partial charge < -0.3 is 14.7 Å². The van der Waals surface area contributed by atoms with Gasteiger partial charge in [-0.3, -0.25) is 0 Å². The molecule has 0 aliphatic rings. The first-order valence-corrected chi connectivity index (χ1v) is 6.33. The quantitative estimate of drug-likeness (QED) is 0.798. The lowest BCUT2D eigenvalue weighted by atomic mass is 10.0. The van der Waals surface area contributed by atoms with Crippen LogP contribution in [-0.4, -0.2) is 40.8 Å². The highest BCUT2D eigenvalue weighted by atomic mass is 16.6. The Morgan fingerprint density at radius 1 is 1.26 bits per heavy atom. The molecule has 0 unspecified atom stereocenters. The van der Waals surface area contributed by atoms with E-state index in [2.05, 4.69) is 0 Å². The molecule has 5 heteroatoms. The third-order valence-corrected chi connectivity index (χ3v) is 2.57. The Bertz CT molecular complexity index is 366. The first-order valence-electron chi connectivity index (χ1n) is 6.33. The summed E-state index contributed by atoms with van der Waals surface area (Å²) in [5.74, 6) is -0.893. The fraction of sp³-hybridized carbons (Fsp3) is 0.714. The highest BCUT2D eigenvalue weighted by molar-refractivity contribution is 5.86. The van der Waals surface area contributed by atoms with E-state index in [1.165, 1.54) is 11.8 Å². The van der Waals surface area contributed by atoms with Gasteiger partial charge in [-0.2, -0.15) is 0 Å². The van der Waals surface area contributed by atoms with E-state index < -0.39 is 17.7 Å². The van der Waals surface area contributed by atoms with Crippen LogP contribution in [0.1, 0.15) is 41.5 Å². The molecule has 0 aliphatic heterocycles. The second-order valence-electron chi connectivity index (χ2n) is 5.98. The summed E-state index contributed by atoms with van der Waals surface area (Å²) in [6.07, 6.45) is 1.12. The molecular formula is C14H25NO4. The standard InChI is InChI=1S/C14H25NO4/c1-9(2)11(8-10(3)12(16)17)15(7)13(18)19-14(4,5)6/h8-9,11H,1-7H3,(H,16,17)/t11-/m1/s1. The molecule has 19 heavy (non-hydrogen) atoms. The van der Waals surface area contributed by atoms with Gasteiger partial charge in [-0.1, -0.05) is 19.9 Å². The number of amides is 1. The number of hydrogen-bond donors (Lipinski definition) is 1. The highest BCUT2D eigenvalue weighted by Gasteiger charge is 2.26. The summed E-state index contributed by atoms with van der Waals surface area (Å²) in [5.41, 5.74) is -0.354. The van der Waals surface area contributed by atoms with Gasteiger partial charge in [0.15, 0.2) is 0 Å². The molecule has 1 amide bonds. The van der Waals surface area contributed by atoms with Gasteiger partial charge in [-0.25, -0.2) is 9.59 Å². The van der Waals surface area contributed by atoms with Crippen LogP contribution in [0.2, 0.25) is 0 Å². The van der Waals surface area contributed by atoms with Crippen LogP contribution in [0, 0.1) is 5.92 Å². The van der Waals surface area contributed by atoms with Crippen molar-refractivity contribution in [2.24, 2.45) is 5.92 Å². The van der Waals surface area contributed by atoms with Crippen LogP contribution in [-0.2, 0) is 9.53 Å². The fourth-order valence-electron chi connectivity index (χ4n) is 1.53. The average molecular weight is 271 g/mol. The number of carboxylic acids is 1. The molecule has 0 heterocycles. The van der Waals surface area contributed by atoms with Gasteiger partial charge in [0.25, 0.3) is 0 Å². The van der Waals surface area contributed by atoms with Crippen molar-refractivity contribution >= 4 is 12.1 Å². The molecule has 0 aromatic carbocycles. The molecule has 0 rings (SSSR count). The smallest absolute Gasteiger partial charge is 0.410 e. The van der Waals surface area contributed by atoms with Gasteiger partial charge in [-0.05, 0) is 33.6 Å². The van der Waals surface area contributed by atoms with Crippen molar-refractivity contribution in [2.75, 3.05) is 7.05 Å². The number of carboxylic acid groups (broad SMARTS) is 1. The predicted octanol–water partition coefficient (Wildman–Crippen LogP) is 2.91. The number of hydrogen-bond acceptors (Lipinski definition) is 3. The predicted molar refractivity (Wildman–Crippen MR) is 74.0 cm³/mol. The zero-order chi connectivity index (χ0) is 15.4. The summed E-state index contributed by atoms with van der Waals surface area (Å²) in [6, 6.07) is -0.314. The number of nitrogens with zero attached hydrogens (tertiary/aromatic N) is 1. The molecule has 0 saturated carbocycles. The summed E-state index contributed by atoms with van der Waals surface area (Å²) >= 11 is 0. The summed E-state index contributed by atoms with van der Waals surface area (Å²) in [6.45, 7) is 10.7.